The lowest BCUT2D eigenvalue weighted by atomic mass is 9.99. The quantitative estimate of drug-likeness (QED) is 0.288. The maximum atomic E-state index is 2.43. The lowest BCUT2D eigenvalue weighted by molar-refractivity contribution is 0.761. The van der Waals surface area contributed by atoms with Crippen LogP contribution in [0.2, 0.25) is 0 Å². The van der Waals surface area contributed by atoms with Crippen molar-refractivity contribution in [1.29, 1.82) is 0 Å². The Balaban J connectivity index is 2.23. The van der Waals surface area contributed by atoms with Crippen molar-refractivity contribution in [3.63, 3.8) is 0 Å². The topological polar surface area (TPSA) is 0 Å². The molecule has 0 saturated carbocycles. The number of rotatable bonds is 14. The van der Waals surface area contributed by atoms with E-state index in [0.717, 1.165) is 0 Å². The molecule has 0 saturated heterocycles. The van der Waals surface area contributed by atoms with Gasteiger partial charge in [0.1, 0.15) is 0 Å². The van der Waals surface area contributed by atoms with Gasteiger partial charge in [0.2, 0.25) is 0 Å². The highest BCUT2D eigenvalue weighted by molar-refractivity contribution is 7.12. The van der Waals surface area contributed by atoms with Crippen LogP contribution in [0, 0.1) is 0 Å². The molecular formula is C26H40S2. The van der Waals surface area contributed by atoms with Gasteiger partial charge in [-0.05, 0) is 96.5 Å². The molecule has 0 bridgehead atoms. The number of aryl methyl sites for hydroxylation is 2. The molecule has 156 valence electrons. The summed E-state index contributed by atoms with van der Waals surface area (Å²) in [6, 6.07) is 0. The summed E-state index contributed by atoms with van der Waals surface area (Å²) in [7, 11) is 0. The largest absolute Gasteiger partial charge is 0.144 e. The maximum Gasteiger partial charge on any atom is 0.0305 e. The third-order valence-corrected chi connectivity index (χ3v) is 7.65. The molecule has 2 rings (SSSR count). The molecule has 2 heteroatoms. The van der Waals surface area contributed by atoms with Crippen LogP contribution in [0.3, 0.4) is 0 Å². The highest BCUT2D eigenvalue weighted by Gasteiger charge is 2.12. The zero-order valence-electron chi connectivity index (χ0n) is 18.6. The molecule has 2 heterocycles. The Morgan fingerprint density at radius 2 is 0.929 bits per heavy atom. The standard InChI is InChI=1S/C26H40S2/c1-5-9-13-21-19-27-25(23(21)15-11-7-3)17-18-26-24(16-12-8-4)22(20-28-26)14-10-6-2/h17-20H,5-16H2,1-4H3. The van der Waals surface area contributed by atoms with Crippen LogP contribution in [0.25, 0.3) is 12.2 Å². The van der Waals surface area contributed by atoms with E-state index in [0.29, 0.717) is 0 Å². The van der Waals surface area contributed by atoms with Crippen LogP contribution in [0.1, 0.15) is 111 Å². The molecule has 0 atom stereocenters. The minimum absolute atomic E-state index is 1.24. The first kappa shape index (κ1) is 23.4. The minimum Gasteiger partial charge on any atom is -0.144 e. The van der Waals surface area contributed by atoms with Crippen molar-refractivity contribution in [2.45, 2.75) is 105 Å². The fourth-order valence-electron chi connectivity index (χ4n) is 3.73. The predicted molar refractivity (Wildman–Crippen MR) is 132 cm³/mol. The molecular weight excluding hydrogens is 376 g/mol. The van der Waals surface area contributed by atoms with E-state index in [1.807, 2.05) is 22.7 Å². The zero-order chi connectivity index (χ0) is 20.2. The second kappa shape index (κ2) is 13.4. The van der Waals surface area contributed by atoms with E-state index in [-0.39, 0.29) is 0 Å². The number of hydrogen-bond donors (Lipinski definition) is 0. The van der Waals surface area contributed by atoms with Gasteiger partial charge in [0.15, 0.2) is 0 Å². The summed E-state index contributed by atoms with van der Waals surface area (Å²) in [5.74, 6) is 0. The van der Waals surface area contributed by atoms with Crippen LogP contribution < -0.4 is 0 Å². The SMILES string of the molecule is CCCCc1csc(C=Cc2scc(CCCC)c2CCCC)c1CCCC. The summed E-state index contributed by atoms with van der Waals surface area (Å²) >= 11 is 3.92. The molecule has 0 aromatic carbocycles. The second-order valence-electron chi connectivity index (χ2n) is 7.96. The van der Waals surface area contributed by atoms with Crippen molar-refractivity contribution in [1.82, 2.24) is 0 Å². The van der Waals surface area contributed by atoms with E-state index in [2.05, 4.69) is 50.6 Å². The molecule has 0 aliphatic heterocycles. The zero-order valence-corrected chi connectivity index (χ0v) is 20.2. The normalized spacial score (nSPS) is 11.7. The Morgan fingerprint density at radius 1 is 0.571 bits per heavy atom. The number of unbranched alkanes of at least 4 members (excludes halogenated alkanes) is 4. The first-order valence-corrected chi connectivity index (χ1v) is 13.4. The van der Waals surface area contributed by atoms with E-state index >= 15 is 0 Å². The van der Waals surface area contributed by atoms with Crippen LogP contribution in [0.4, 0.5) is 0 Å². The third kappa shape index (κ3) is 6.88. The molecule has 0 spiro atoms. The Hall–Kier alpha value is -0.860. The minimum atomic E-state index is 1.24. The molecule has 0 radical (unpaired) electrons. The molecule has 0 nitrogen and oxygen atoms in total. The Labute approximate surface area is 182 Å². The molecule has 2 aromatic heterocycles. The van der Waals surface area contributed by atoms with Gasteiger partial charge in [-0.2, -0.15) is 0 Å². The van der Waals surface area contributed by atoms with Gasteiger partial charge in [-0.25, -0.2) is 0 Å². The third-order valence-electron chi connectivity index (χ3n) is 5.57. The Bertz CT molecular complexity index is 642. The van der Waals surface area contributed by atoms with Gasteiger partial charge in [-0.3, -0.25) is 0 Å². The molecule has 0 aliphatic carbocycles. The van der Waals surface area contributed by atoms with Gasteiger partial charge in [-0.1, -0.05) is 53.4 Å². The van der Waals surface area contributed by atoms with E-state index in [1.165, 1.54) is 86.8 Å². The molecule has 0 amide bonds. The average molecular weight is 417 g/mol. The number of thiophene rings is 2. The molecule has 2 aromatic rings. The molecule has 0 aliphatic rings. The van der Waals surface area contributed by atoms with Crippen molar-refractivity contribution in [3.8, 4) is 0 Å². The van der Waals surface area contributed by atoms with E-state index < -0.39 is 0 Å². The van der Waals surface area contributed by atoms with Crippen molar-refractivity contribution in [3.05, 3.63) is 42.8 Å². The molecule has 0 unspecified atom stereocenters. The van der Waals surface area contributed by atoms with Crippen LogP contribution >= 0.6 is 22.7 Å². The summed E-state index contributed by atoms with van der Waals surface area (Å²) < 4.78 is 0. The molecule has 0 N–H and O–H groups in total. The monoisotopic (exact) mass is 416 g/mol. The van der Waals surface area contributed by atoms with Gasteiger partial charge in [-0.15, -0.1) is 22.7 Å². The van der Waals surface area contributed by atoms with Crippen molar-refractivity contribution in [2.24, 2.45) is 0 Å². The lowest BCUT2D eigenvalue weighted by Crippen LogP contribution is -1.93. The van der Waals surface area contributed by atoms with Crippen LogP contribution in [0.5, 0.6) is 0 Å². The number of hydrogen-bond acceptors (Lipinski definition) is 2. The van der Waals surface area contributed by atoms with Crippen LogP contribution in [-0.2, 0) is 25.7 Å². The maximum absolute atomic E-state index is 2.43. The lowest BCUT2D eigenvalue weighted by Gasteiger charge is -2.06. The first-order chi connectivity index (χ1) is 13.7. The molecule has 28 heavy (non-hydrogen) atoms. The fraction of sp³-hybridized carbons (Fsp3) is 0.615. The second-order valence-corrected chi connectivity index (χ2v) is 9.78. The molecule has 0 fully saturated rings. The van der Waals surface area contributed by atoms with Crippen LogP contribution in [-0.4, -0.2) is 0 Å². The summed E-state index contributed by atoms with van der Waals surface area (Å²) in [5.41, 5.74) is 6.49. The van der Waals surface area contributed by atoms with Gasteiger partial charge in [0.25, 0.3) is 0 Å². The highest BCUT2D eigenvalue weighted by atomic mass is 32.1. The first-order valence-electron chi connectivity index (χ1n) is 11.6. The fourth-order valence-corrected chi connectivity index (χ4v) is 5.83. The van der Waals surface area contributed by atoms with E-state index in [9.17, 15) is 0 Å². The van der Waals surface area contributed by atoms with E-state index in [1.54, 1.807) is 22.3 Å². The summed E-state index contributed by atoms with van der Waals surface area (Å²) in [6.45, 7) is 9.20. The summed E-state index contributed by atoms with van der Waals surface area (Å²) in [6.07, 6.45) is 20.2. The van der Waals surface area contributed by atoms with Gasteiger partial charge >= 0.3 is 0 Å². The Kier molecular flexibility index (Phi) is 11.2. The van der Waals surface area contributed by atoms with Crippen molar-refractivity contribution >= 4 is 34.8 Å². The van der Waals surface area contributed by atoms with Crippen LogP contribution in [0.15, 0.2) is 10.8 Å². The smallest absolute Gasteiger partial charge is 0.0305 e. The summed E-state index contributed by atoms with van der Waals surface area (Å²) in [4.78, 5) is 3.01. The van der Waals surface area contributed by atoms with Gasteiger partial charge < -0.3 is 0 Å². The van der Waals surface area contributed by atoms with Gasteiger partial charge in [0.05, 0.1) is 0 Å². The Morgan fingerprint density at radius 3 is 1.29 bits per heavy atom. The van der Waals surface area contributed by atoms with Crippen molar-refractivity contribution < 1.29 is 0 Å². The van der Waals surface area contributed by atoms with E-state index in [4.69, 9.17) is 0 Å². The van der Waals surface area contributed by atoms with Gasteiger partial charge in [0, 0.05) is 9.75 Å². The highest BCUT2D eigenvalue weighted by Crippen LogP contribution is 2.31. The van der Waals surface area contributed by atoms with Crippen molar-refractivity contribution in [2.75, 3.05) is 0 Å². The predicted octanol–water partition coefficient (Wildman–Crippen LogP) is 9.35. The average Bonchev–Trinajstić information content (AvgIpc) is 3.28. The summed E-state index contributed by atoms with van der Waals surface area (Å²) in [5, 5.41) is 4.86.